The second-order valence-electron chi connectivity index (χ2n) is 12.5. The molecule has 1 aliphatic carbocycles. The number of carbonyl (C=O) groups is 3. The molecule has 4 aromatic rings. The molecule has 236 valence electrons. The third-order valence-electron chi connectivity index (χ3n) is 9.12. The van der Waals surface area contributed by atoms with Crippen molar-refractivity contribution in [2.24, 2.45) is 23.5 Å². The number of unbranched alkanes of at least 4 members (excludes halogenated alkanes) is 1. The first-order valence-electron chi connectivity index (χ1n) is 16.3. The van der Waals surface area contributed by atoms with E-state index in [1.54, 1.807) is 4.90 Å². The second-order valence-corrected chi connectivity index (χ2v) is 12.5. The fourth-order valence-electron chi connectivity index (χ4n) is 6.54. The maximum Gasteiger partial charge on any atom is 0.254 e. The summed E-state index contributed by atoms with van der Waals surface area (Å²) in [6.45, 7) is 2.33. The van der Waals surface area contributed by atoms with Crippen molar-refractivity contribution in [3.8, 4) is 22.6 Å². The zero-order valence-electron chi connectivity index (χ0n) is 26.2. The van der Waals surface area contributed by atoms with E-state index in [0.29, 0.717) is 24.5 Å². The lowest BCUT2D eigenvalue weighted by Crippen LogP contribution is -2.46. The van der Waals surface area contributed by atoms with Gasteiger partial charge in [0, 0.05) is 17.4 Å². The van der Waals surface area contributed by atoms with Gasteiger partial charge in [-0.2, -0.15) is 0 Å². The Balaban J connectivity index is 1.35. The molecule has 0 radical (unpaired) electrons. The van der Waals surface area contributed by atoms with Crippen molar-refractivity contribution in [1.29, 1.82) is 0 Å². The van der Waals surface area contributed by atoms with E-state index in [0.717, 1.165) is 59.4 Å². The van der Waals surface area contributed by atoms with E-state index in [2.05, 4.69) is 12.2 Å². The molecule has 7 heteroatoms. The quantitative estimate of drug-likeness (QED) is 0.162. The van der Waals surface area contributed by atoms with Gasteiger partial charge >= 0.3 is 0 Å². The highest BCUT2D eigenvalue weighted by Gasteiger charge is 2.40. The topological polar surface area (TPSA) is 102 Å². The lowest BCUT2D eigenvalue weighted by atomic mass is 9.82. The number of ether oxygens (including phenoxy) is 1. The zero-order chi connectivity index (χ0) is 32.0. The Morgan fingerprint density at radius 1 is 0.870 bits per heavy atom. The SMILES string of the molecule is CCCC[C@H](C(N)=O)[C@@H](CC1CC1)C(=O)NC1C(=O)N(Cc2cccc(Oc3ccccc3)c2)c2ccccc2-c2ccccc21. The van der Waals surface area contributed by atoms with Crippen LogP contribution in [-0.4, -0.2) is 17.7 Å². The molecule has 1 saturated carbocycles. The molecular formula is C39H41N3O4. The van der Waals surface area contributed by atoms with Gasteiger partial charge in [-0.05, 0) is 65.8 Å². The molecular weight excluding hydrogens is 574 g/mol. The number of carbonyl (C=O) groups excluding carboxylic acids is 3. The van der Waals surface area contributed by atoms with E-state index in [1.165, 1.54) is 0 Å². The average Bonchev–Trinajstić information content (AvgIpc) is 3.91. The van der Waals surface area contributed by atoms with Crippen molar-refractivity contribution in [2.45, 2.75) is 58.0 Å². The molecule has 0 saturated heterocycles. The number of nitrogens with one attached hydrogen (secondary N) is 1. The molecule has 6 rings (SSSR count). The van der Waals surface area contributed by atoms with Gasteiger partial charge < -0.3 is 20.7 Å². The molecule has 2 aliphatic rings. The molecule has 46 heavy (non-hydrogen) atoms. The molecule has 3 N–H and O–H groups in total. The number of anilines is 1. The van der Waals surface area contributed by atoms with Crippen LogP contribution >= 0.6 is 0 Å². The summed E-state index contributed by atoms with van der Waals surface area (Å²) in [6, 6.07) is 31.9. The fourth-order valence-corrected chi connectivity index (χ4v) is 6.54. The summed E-state index contributed by atoms with van der Waals surface area (Å²) in [5, 5.41) is 3.14. The van der Waals surface area contributed by atoms with Crippen molar-refractivity contribution in [1.82, 2.24) is 5.32 Å². The summed E-state index contributed by atoms with van der Waals surface area (Å²) in [5.41, 5.74) is 10.1. The first-order chi connectivity index (χ1) is 22.4. The standard InChI is InChI=1S/C39H41N3O4/c1-2-3-16-33(37(40)43)34(24-26-21-22-26)38(44)41-36-32-19-8-7-17-30(32)31-18-9-10-20-35(31)42(39(36)45)25-27-12-11-15-29(23-27)46-28-13-5-4-6-14-28/h4-15,17-20,23,26,33-34,36H,2-3,16,21-22,24-25H2,1H3,(H2,40,43)(H,41,44)/t33-,34+,36?/m0/s1. The molecule has 1 heterocycles. The number of para-hydroxylation sites is 2. The van der Waals surface area contributed by atoms with Gasteiger partial charge in [0.2, 0.25) is 11.8 Å². The highest BCUT2D eigenvalue weighted by molar-refractivity contribution is 6.06. The normalized spacial score (nSPS) is 16.8. The van der Waals surface area contributed by atoms with Crippen LogP contribution in [0, 0.1) is 17.8 Å². The summed E-state index contributed by atoms with van der Waals surface area (Å²) in [4.78, 5) is 43.3. The third kappa shape index (κ3) is 6.99. The minimum atomic E-state index is -0.943. The summed E-state index contributed by atoms with van der Waals surface area (Å²) >= 11 is 0. The molecule has 1 fully saturated rings. The van der Waals surface area contributed by atoms with Crippen LogP contribution in [0.2, 0.25) is 0 Å². The van der Waals surface area contributed by atoms with Gasteiger partial charge in [-0.1, -0.05) is 105 Å². The number of hydrogen-bond donors (Lipinski definition) is 2. The lowest BCUT2D eigenvalue weighted by Gasteiger charge is -2.29. The van der Waals surface area contributed by atoms with Crippen molar-refractivity contribution in [3.63, 3.8) is 0 Å². The van der Waals surface area contributed by atoms with E-state index in [1.807, 2.05) is 103 Å². The van der Waals surface area contributed by atoms with Crippen LogP contribution in [0.1, 0.15) is 62.6 Å². The average molecular weight is 616 g/mol. The number of primary amides is 1. The summed E-state index contributed by atoms with van der Waals surface area (Å²) in [6.07, 6.45) is 4.97. The van der Waals surface area contributed by atoms with Gasteiger partial charge in [-0.3, -0.25) is 14.4 Å². The van der Waals surface area contributed by atoms with Crippen molar-refractivity contribution in [2.75, 3.05) is 4.90 Å². The van der Waals surface area contributed by atoms with Crippen LogP contribution in [0.15, 0.2) is 103 Å². The van der Waals surface area contributed by atoms with Gasteiger partial charge in [0.05, 0.1) is 12.2 Å². The maximum atomic E-state index is 14.7. The predicted molar refractivity (Wildman–Crippen MR) is 180 cm³/mol. The minimum Gasteiger partial charge on any atom is -0.457 e. The summed E-state index contributed by atoms with van der Waals surface area (Å²) < 4.78 is 6.09. The molecule has 1 aliphatic heterocycles. The van der Waals surface area contributed by atoms with E-state index in [-0.39, 0.29) is 18.4 Å². The lowest BCUT2D eigenvalue weighted by molar-refractivity contribution is -0.136. The number of amides is 3. The second kappa shape index (κ2) is 14.0. The largest absolute Gasteiger partial charge is 0.457 e. The van der Waals surface area contributed by atoms with E-state index in [9.17, 15) is 14.4 Å². The van der Waals surface area contributed by atoms with Crippen LogP contribution in [0.3, 0.4) is 0 Å². The minimum absolute atomic E-state index is 0.241. The first-order valence-corrected chi connectivity index (χ1v) is 16.3. The number of rotatable bonds is 13. The summed E-state index contributed by atoms with van der Waals surface area (Å²) in [7, 11) is 0. The Bertz CT molecular complexity index is 1700. The van der Waals surface area contributed by atoms with Crippen LogP contribution in [-0.2, 0) is 20.9 Å². The van der Waals surface area contributed by atoms with Crippen molar-refractivity contribution < 1.29 is 19.1 Å². The smallest absolute Gasteiger partial charge is 0.254 e. The van der Waals surface area contributed by atoms with Crippen LogP contribution in [0.25, 0.3) is 11.1 Å². The molecule has 0 spiro atoms. The van der Waals surface area contributed by atoms with E-state index >= 15 is 0 Å². The number of hydrogen-bond acceptors (Lipinski definition) is 4. The van der Waals surface area contributed by atoms with Crippen LogP contribution in [0.5, 0.6) is 11.5 Å². The van der Waals surface area contributed by atoms with Gasteiger partial charge in [0.25, 0.3) is 5.91 Å². The van der Waals surface area contributed by atoms with E-state index in [4.69, 9.17) is 10.5 Å². The molecule has 1 unspecified atom stereocenters. The van der Waals surface area contributed by atoms with Gasteiger partial charge in [-0.15, -0.1) is 0 Å². The number of benzene rings is 4. The van der Waals surface area contributed by atoms with Crippen LogP contribution in [0.4, 0.5) is 5.69 Å². The molecule has 3 amide bonds. The Kier molecular flexibility index (Phi) is 9.48. The Morgan fingerprint density at radius 3 is 2.30 bits per heavy atom. The highest BCUT2D eigenvalue weighted by atomic mass is 16.5. The summed E-state index contributed by atoms with van der Waals surface area (Å²) in [5.74, 6) is -0.336. The number of fused-ring (bicyclic) bond motifs is 3. The highest BCUT2D eigenvalue weighted by Crippen LogP contribution is 2.42. The van der Waals surface area contributed by atoms with Crippen molar-refractivity contribution >= 4 is 23.4 Å². The molecule has 4 aromatic carbocycles. The predicted octanol–water partition coefficient (Wildman–Crippen LogP) is 7.56. The Labute approximate surface area is 270 Å². The van der Waals surface area contributed by atoms with Gasteiger partial charge in [0.15, 0.2) is 0 Å². The maximum absolute atomic E-state index is 14.7. The van der Waals surface area contributed by atoms with Crippen LogP contribution < -0.4 is 20.7 Å². The molecule has 0 aromatic heterocycles. The Hall–Kier alpha value is -4.91. The monoisotopic (exact) mass is 615 g/mol. The fraction of sp³-hybridized carbons (Fsp3) is 0.308. The zero-order valence-corrected chi connectivity index (χ0v) is 26.2. The van der Waals surface area contributed by atoms with E-state index < -0.39 is 23.8 Å². The van der Waals surface area contributed by atoms with Gasteiger partial charge in [-0.25, -0.2) is 0 Å². The van der Waals surface area contributed by atoms with Gasteiger partial charge in [0.1, 0.15) is 17.5 Å². The third-order valence-corrected chi connectivity index (χ3v) is 9.12. The molecule has 3 atom stereocenters. The first kappa shape index (κ1) is 31.1. The Morgan fingerprint density at radius 2 is 1.57 bits per heavy atom. The molecule has 7 nitrogen and oxygen atoms in total. The number of nitrogens with zero attached hydrogens (tertiary/aromatic N) is 1. The molecule has 0 bridgehead atoms. The van der Waals surface area contributed by atoms with Crippen molar-refractivity contribution in [3.05, 3.63) is 114 Å². The number of nitrogens with two attached hydrogens (primary N) is 1.